The van der Waals surface area contributed by atoms with Gasteiger partial charge >= 0.3 is 5.76 Å². The number of aromatic amines is 1. The molecule has 4 heterocycles. The third-order valence-electron chi connectivity index (χ3n) is 6.97. The van der Waals surface area contributed by atoms with Crippen molar-refractivity contribution >= 4 is 22.3 Å². The van der Waals surface area contributed by atoms with E-state index in [2.05, 4.69) is 37.9 Å². The SMILES string of the molecule is CC(=C1c2ccc(Cn3c(C4CC4)nc4cccnc43)cc2COc2ccccc21)c1noc(=O)[nH]1. The van der Waals surface area contributed by atoms with Crippen LogP contribution in [0.1, 0.15) is 59.6 Å². The average Bonchev–Trinajstić information content (AvgIpc) is 3.59. The zero-order valence-corrected chi connectivity index (χ0v) is 19.7. The molecule has 1 aliphatic heterocycles. The number of aromatic nitrogens is 5. The van der Waals surface area contributed by atoms with Gasteiger partial charge in [0.2, 0.25) is 0 Å². The van der Waals surface area contributed by atoms with E-state index < -0.39 is 5.76 Å². The van der Waals surface area contributed by atoms with Crippen molar-refractivity contribution in [3.8, 4) is 5.75 Å². The number of para-hydroxylation sites is 1. The summed E-state index contributed by atoms with van der Waals surface area (Å²) in [4.78, 5) is 23.9. The van der Waals surface area contributed by atoms with Crippen LogP contribution in [0.2, 0.25) is 0 Å². The number of ether oxygens (including phenoxy) is 1. The second-order valence-electron chi connectivity index (χ2n) is 9.40. The number of nitrogens with zero attached hydrogens (tertiary/aromatic N) is 4. The number of nitrogens with one attached hydrogen (secondary N) is 1. The van der Waals surface area contributed by atoms with Crippen molar-refractivity contribution in [3.05, 3.63) is 105 Å². The molecule has 5 aromatic rings. The van der Waals surface area contributed by atoms with E-state index in [-0.39, 0.29) is 0 Å². The Hall–Kier alpha value is -4.46. The lowest BCUT2D eigenvalue weighted by Gasteiger charge is -2.15. The zero-order chi connectivity index (χ0) is 24.2. The van der Waals surface area contributed by atoms with Crippen LogP contribution in [0, 0.1) is 0 Å². The molecule has 0 saturated heterocycles. The van der Waals surface area contributed by atoms with Crippen LogP contribution in [0.4, 0.5) is 0 Å². The third-order valence-corrected chi connectivity index (χ3v) is 6.97. The summed E-state index contributed by atoms with van der Waals surface area (Å²) in [5.41, 5.74) is 7.85. The summed E-state index contributed by atoms with van der Waals surface area (Å²) < 4.78 is 13.3. The molecule has 0 amide bonds. The molecular weight excluding hydrogens is 454 g/mol. The molecule has 1 aliphatic carbocycles. The minimum Gasteiger partial charge on any atom is -0.488 e. The van der Waals surface area contributed by atoms with Crippen molar-refractivity contribution in [1.29, 1.82) is 0 Å². The van der Waals surface area contributed by atoms with Crippen LogP contribution in [-0.4, -0.2) is 24.7 Å². The van der Waals surface area contributed by atoms with Crippen molar-refractivity contribution < 1.29 is 9.26 Å². The Morgan fingerprint density at radius 1 is 1.11 bits per heavy atom. The fourth-order valence-electron chi connectivity index (χ4n) is 5.09. The van der Waals surface area contributed by atoms with Crippen LogP contribution in [0.5, 0.6) is 5.75 Å². The molecule has 0 spiro atoms. The van der Waals surface area contributed by atoms with Crippen molar-refractivity contribution in [1.82, 2.24) is 24.7 Å². The summed E-state index contributed by atoms with van der Waals surface area (Å²) >= 11 is 0. The van der Waals surface area contributed by atoms with Crippen LogP contribution in [0.15, 0.2) is 70.1 Å². The van der Waals surface area contributed by atoms with Crippen LogP contribution < -0.4 is 10.5 Å². The van der Waals surface area contributed by atoms with Gasteiger partial charge in [-0.25, -0.2) is 14.8 Å². The van der Waals surface area contributed by atoms with E-state index in [1.54, 1.807) is 0 Å². The summed E-state index contributed by atoms with van der Waals surface area (Å²) in [5.74, 6) is 2.25. The number of hydrogen-bond acceptors (Lipinski definition) is 6. The number of fused-ring (bicyclic) bond motifs is 3. The number of hydrogen-bond donors (Lipinski definition) is 1. The molecule has 8 nitrogen and oxygen atoms in total. The lowest BCUT2D eigenvalue weighted by molar-refractivity contribution is 0.307. The molecule has 0 atom stereocenters. The van der Waals surface area contributed by atoms with Gasteiger partial charge in [0.25, 0.3) is 0 Å². The maximum absolute atomic E-state index is 11.7. The molecule has 2 aromatic carbocycles. The van der Waals surface area contributed by atoms with Crippen LogP contribution in [0.25, 0.3) is 22.3 Å². The Bertz CT molecular complexity index is 1720. The highest BCUT2D eigenvalue weighted by molar-refractivity contribution is 5.99. The first-order chi connectivity index (χ1) is 17.7. The minimum atomic E-state index is -0.577. The van der Waals surface area contributed by atoms with Gasteiger partial charge in [-0.05, 0) is 66.3 Å². The van der Waals surface area contributed by atoms with Gasteiger partial charge in [-0.3, -0.25) is 9.51 Å². The average molecular weight is 478 g/mol. The number of pyridine rings is 1. The summed E-state index contributed by atoms with van der Waals surface area (Å²) in [6.07, 6.45) is 4.18. The summed E-state index contributed by atoms with van der Waals surface area (Å²) in [7, 11) is 0. The topological polar surface area (TPSA) is 98.8 Å². The number of benzene rings is 2. The van der Waals surface area contributed by atoms with E-state index in [1.165, 1.54) is 12.8 Å². The molecule has 3 aromatic heterocycles. The predicted molar refractivity (Wildman–Crippen MR) is 135 cm³/mol. The standard InChI is InChI=1S/C28H23N5O3/c1-16(25-31-28(34)36-32-25)24-20-11-8-17(13-19(20)15-35-23-7-3-2-5-21(23)24)14-33-26(18-9-10-18)30-22-6-4-12-29-27(22)33/h2-8,11-13,18H,9-10,14-15H2,1H3,(H,31,32,34). The van der Waals surface area contributed by atoms with E-state index >= 15 is 0 Å². The zero-order valence-electron chi connectivity index (χ0n) is 19.7. The van der Waals surface area contributed by atoms with Gasteiger partial charge in [0.15, 0.2) is 11.5 Å². The highest BCUT2D eigenvalue weighted by atomic mass is 16.5. The first-order valence-corrected chi connectivity index (χ1v) is 12.1. The molecule has 8 heteroatoms. The smallest absolute Gasteiger partial charge is 0.439 e. The van der Waals surface area contributed by atoms with Crippen molar-refractivity contribution in [2.75, 3.05) is 0 Å². The maximum Gasteiger partial charge on any atom is 0.439 e. The normalized spacial score (nSPS) is 16.2. The second kappa shape index (κ2) is 8.05. The van der Waals surface area contributed by atoms with E-state index in [0.717, 1.165) is 56.1 Å². The Morgan fingerprint density at radius 3 is 2.83 bits per heavy atom. The Morgan fingerprint density at radius 2 is 2.00 bits per heavy atom. The maximum atomic E-state index is 11.7. The minimum absolute atomic E-state index is 0.409. The van der Waals surface area contributed by atoms with E-state index in [4.69, 9.17) is 14.2 Å². The molecule has 0 unspecified atom stereocenters. The van der Waals surface area contributed by atoms with Crippen LogP contribution >= 0.6 is 0 Å². The molecule has 36 heavy (non-hydrogen) atoms. The van der Waals surface area contributed by atoms with Crippen molar-refractivity contribution in [3.63, 3.8) is 0 Å². The number of rotatable bonds is 4. The van der Waals surface area contributed by atoms with Gasteiger partial charge < -0.3 is 9.30 Å². The van der Waals surface area contributed by atoms with E-state index in [0.29, 0.717) is 24.9 Å². The van der Waals surface area contributed by atoms with Gasteiger partial charge in [0.1, 0.15) is 23.7 Å². The number of H-pyrrole nitrogens is 1. The molecule has 0 radical (unpaired) electrons. The quantitative estimate of drug-likeness (QED) is 0.395. The van der Waals surface area contributed by atoms with Crippen LogP contribution in [0.3, 0.4) is 0 Å². The number of allylic oxidation sites excluding steroid dienone is 1. The van der Waals surface area contributed by atoms with E-state index in [1.807, 2.05) is 49.5 Å². The highest BCUT2D eigenvalue weighted by Crippen LogP contribution is 2.42. The highest BCUT2D eigenvalue weighted by Gasteiger charge is 2.30. The third kappa shape index (κ3) is 3.45. The summed E-state index contributed by atoms with van der Waals surface area (Å²) in [6, 6.07) is 18.4. The fraction of sp³-hybridized carbons (Fsp3) is 0.214. The fourth-order valence-corrected chi connectivity index (χ4v) is 5.09. The van der Waals surface area contributed by atoms with Gasteiger partial charge in [0.05, 0.1) is 6.54 Å². The lowest BCUT2D eigenvalue weighted by atomic mass is 9.89. The second-order valence-corrected chi connectivity index (χ2v) is 9.40. The Kier molecular flexibility index (Phi) is 4.67. The molecular formula is C28H23N5O3. The van der Waals surface area contributed by atoms with Gasteiger partial charge in [-0.1, -0.05) is 35.5 Å². The lowest BCUT2D eigenvalue weighted by Crippen LogP contribution is -2.07. The van der Waals surface area contributed by atoms with Crippen molar-refractivity contribution in [2.45, 2.75) is 38.8 Å². The predicted octanol–water partition coefficient (Wildman–Crippen LogP) is 4.90. The first-order valence-electron chi connectivity index (χ1n) is 12.1. The molecule has 1 saturated carbocycles. The van der Waals surface area contributed by atoms with Gasteiger partial charge in [-0.2, -0.15) is 0 Å². The Balaban J connectivity index is 1.36. The Labute approximate surface area is 206 Å². The summed E-state index contributed by atoms with van der Waals surface area (Å²) in [5, 5.41) is 3.94. The van der Waals surface area contributed by atoms with Crippen LogP contribution in [-0.2, 0) is 13.2 Å². The molecule has 1 N–H and O–H groups in total. The van der Waals surface area contributed by atoms with Crippen molar-refractivity contribution in [2.24, 2.45) is 0 Å². The summed E-state index contributed by atoms with van der Waals surface area (Å²) in [6.45, 7) is 3.06. The molecule has 0 bridgehead atoms. The largest absolute Gasteiger partial charge is 0.488 e. The molecule has 178 valence electrons. The van der Waals surface area contributed by atoms with Gasteiger partial charge in [0, 0.05) is 23.3 Å². The first kappa shape index (κ1) is 20.9. The van der Waals surface area contributed by atoms with Gasteiger partial charge in [-0.15, -0.1) is 0 Å². The van der Waals surface area contributed by atoms with E-state index in [9.17, 15) is 4.79 Å². The number of imidazole rings is 1. The molecule has 2 aliphatic rings. The molecule has 1 fully saturated rings. The molecule has 7 rings (SSSR count). The monoisotopic (exact) mass is 477 g/mol.